The Morgan fingerprint density at radius 3 is 1.89 bits per heavy atom. The number of nitrogens with one attached hydrogen (secondary N) is 2. The van der Waals surface area contributed by atoms with Crippen molar-refractivity contribution >= 4 is 43.6 Å². The number of hydrogen-bond donors (Lipinski definition) is 2. The molecule has 1 fully saturated rings. The van der Waals surface area contributed by atoms with Crippen LogP contribution in [0.25, 0.3) is 49.3 Å². The Hall–Kier alpha value is -5.20. The van der Waals surface area contributed by atoms with E-state index in [1.807, 2.05) is 0 Å². The zero-order valence-corrected chi connectivity index (χ0v) is 24.1. The predicted molar refractivity (Wildman–Crippen MR) is 180 cm³/mol. The van der Waals surface area contributed by atoms with Gasteiger partial charge >= 0.3 is 0 Å². The lowest BCUT2D eigenvalue weighted by atomic mass is 10.1. The molecule has 3 heterocycles. The normalized spacial score (nSPS) is 17.1. The molecule has 0 radical (unpaired) electrons. The van der Waals surface area contributed by atoms with Crippen molar-refractivity contribution in [1.82, 2.24) is 24.9 Å². The molecule has 0 aliphatic carbocycles. The van der Waals surface area contributed by atoms with E-state index in [1.165, 1.54) is 54.7 Å². The van der Waals surface area contributed by atoms with Gasteiger partial charge in [0.2, 0.25) is 0 Å². The molecular formula is C39H31N5. The third-order valence-corrected chi connectivity index (χ3v) is 8.95. The highest BCUT2D eigenvalue weighted by molar-refractivity contribution is 6.18. The lowest BCUT2D eigenvalue weighted by Crippen LogP contribution is -2.33. The van der Waals surface area contributed by atoms with Crippen molar-refractivity contribution in [2.45, 2.75) is 19.0 Å². The van der Waals surface area contributed by atoms with Crippen molar-refractivity contribution in [2.75, 3.05) is 0 Å². The lowest BCUT2D eigenvalue weighted by molar-refractivity contribution is 0.219. The smallest absolute Gasteiger partial charge is 0.156 e. The van der Waals surface area contributed by atoms with Gasteiger partial charge in [0.1, 0.15) is 6.17 Å². The molecule has 1 aliphatic heterocycles. The summed E-state index contributed by atoms with van der Waals surface area (Å²) >= 11 is 0. The molecule has 1 aliphatic rings. The van der Waals surface area contributed by atoms with Crippen LogP contribution in [-0.2, 0) is 6.54 Å². The second-order valence-corrected chi connectivity index (χ2v) is 11.6. The molecule has 0 bridgehead atoms. The summed E-state index contributed by atoms with van der Waals surface area (Å²) in [5, 5.41) is 11.3. The van der Waals surface area contributed by atoms with Crippen LogP contribution in [0.2, 0.25) is 0 Å². The molecule has 1 saturated heterocycles. The minimum atomic E-state index is -0.130. The van der Waals surface area contributed by atoms with Gasteiger partial charge in [-0.3, -0.25) is 5.32 Å². The van der Waals surface area contributed by atoms with Gasteiger partial charge in [-0.25, -0.2) is 5.43 Å². The molecule has 8 aromatic rings. The Kier molecular flexibility index (Phi) is 5.87. The van der Waals surface area contributed by atoms with Crippen molar-refractivity contribution in [3.8, 4) is 5.69 Å². The standard InChI is InChI=1S/C39H31N5/c1-4-14-27(15-5-1)26-40-39(44-38(41-44)28-16-6-2-7-17-28)43-35-23-13-11-21-31(35)33-24-32-30-20-10-12-22-34(30)42(36(32)25-37(33)43)29-18-8-3-9-19-29/h1-25,38-41H,26H2/t38?,39?,44-/m0/s1. The summed E-state index contributed by atoms with van der Waals surface area (Å²) in [6, 6.07) is 54.4. The maximum atomic E-state index is 3.92. The van der Waals surface area contributed by atoms with Crippen molar-refractivity contribution < 1.29 is 0 Å². The Morgan fingerprint density at radius 1 is 0.545 bits per heavy atom. The number of para-hydroxylation sites is 3. The van der Waals surface area contributed by atoms with E-state index in [2.05, 4.69) is 177 Å². The van der Waals surface area contributed by atoms with Crippen LogP contribution >= 0.6 is 0 Å². The summed E-state index contributed by atoms with van der Waals surface area (Å²) in [5.41, 5.74) is 12.2. The van der Waals surface area contributed by atoms with Gasteiger partial charge in [-0.1, -0.05) is 115 Å². The lowest BCUT2D eigenvalue weighted by Gasteiger charge is -2.24. The zero-order chi connectivity index (χ0) is 29.0. The highest BCUT2D eigenvalue weighted by Gasteiger charge is 2.42. The topological polar surface area (TPSA) is 46.8 Å². The SMILES string of the molecule is c1ccc(CNC(n2c3ccccc3c3cc4c5ccccc5n(-c5ccccc5)c4cc32)[N@@]2NC2c2ccccc2)cc1. The Morgan fingerprint density at radius 2 is 1.14 bits per heavy atom. The van der Waals surface area contributed by atoms with Gasteiger partial charge in [0.25, 0.3) is 0 Å². The first-order valence-corrected chi connectivity index (χ1v) is 15.2. The van der Waals surface area contributed by atoms with Crippen molar-refractivity contribution in [1.29, 1.82) is 0 Å². The van der Waals surface area contributed by atoms with Crippen LogP contribution in [0.3, 0.4) is 0 Å². The molecule has 9 rings (SSSR count). The van der Waals surface area contributed by atoms with Gasteiger partial charge < -0.3 is 9.13 Å². The van der Waals surface area contributed by atoms with Crippen molar-refractivity contribution in [3.05, 3.63) is 163 Å². The number of fused-ring (bicyclic) bond motifs is 6. The summed E-state index contributed by atoms with van der Waals surface area (Å²) in [5.74, 6) is 0. The first-order chi connectivity index (χ1) is 21.8. The van der Waals surface area contributed by atoms with E-state index in [0.29, 0.717) is 0 Å². The van der Waals surface area contributed by atoms with Gasteiger partial charge in [0.15, 0.2) is 6.29 Å². The molecule has 44 heavy (non-hydrogen) atoms. The largest absolute Gasteiger partial charge is 0.310 e. The summed E-state index contributed by atoms with van der Waals surface area (Å²) < 4.78 is 4.89. The average Bonchev–Trinajstić information content (AvgIpc) is 3.74. The quantitative estimate of drug-likeness (QED) is 0.189. The fourth-order valence-corrected chi connectivity index (χ4v) is 6.89. The number of rotatable bonds is 7. The highest BCUT2D eigenvalue weighted by atomic mass is 15.8. The van der Waals surface area contributed by atoms with Crippen molar-refractivity contribution in [2.24, 2.45) is 0 Å². The van der Waals surface area contributed by atoms with Crippen LogP contribution in [-0.4, -0.2) is 14.1 Å². The predicted octanol–water partition coefficient (Wildman–Crippen LogP) is 8.66. The van der Waals surface area contributed by atoms with E-state index in [0.717, 1.165) is 12.2 Å². The van der Waals surface area contributed by atoms with Crippen LogP contribution in [0.4, 0.5) is 0 Å². The molecule has 0 amide bonds. The Labute approximate surface area is 255 Å². The van der Waals surface area contributed by atoms with Gasteiger partial charge in [-0.2, -0.15) is 5.01 Å². The zero-order valence-electron chi connectivity index (χ0n) is 24.1. The summed E-state index contributed by atoms with van der Waals surface area (Å²) in [6.45, 7) is 0.742. The van der Waals surface area contributed by atoms with Gasteiger partial charge in [-0.05, 0) is 47.5 Å². The molecule has 2 N–H and O–H groups in total. The number of nitrogens with zero attached hydrogens (tertiary/aromatic N) is 3. The maximum absolute atomic E-state index is 3.92. The van der Waals surface area contributed by atoms with E-state index in [9.17, 15) is 0 Å². The first-order valence-electron chi connectivity index (χ1n) is 15.2. The Bertz CT molecular complexity index is 2270. The number of benzene rings is 6. The van der Waals surface area contributed by atoms with Crippen LogP contribution in [0.5, 0.6) is 0 Å². The molecule has 3 atom stereocenters. The summed E-state index contributed by atoms with van der Waals surface area (Å²) in [6.07, 6.45) is -0.00463. The fourth-order valence-electron chi connectivity index (χ4n) is 6.89. The van der Waals surface area contributed by atoms with E-state index >= 15 is 0 Å². The van der Waals surface area contributed by atoms with Crippen LogP contribution < -0.4 is 10.7 Å². The summed E-state index contributed by atoms with van der Waals surface area (Å²) in [4.78, 5) is 0. The first kappa shape index (κ1) is 25.3. The molecule has 2 unspecified atom stereocenters. The molecule has 5 heteroatoms. The molecule has 212 valence electrons. The molecule has 5 nitrogen and oxygen atoms in total. The van der Waals surface area contributed by atoms with Gasteiger partial charge in [0, 0.05) is 33.8 Å². The Balaban J connectivity index is 1.29. The average molecular weight is 570 g/mol. The van der Waals surface area contributed by atoms with Gasteiger partial charge in [0.05, 0.1) is 22.1 Å². The van der Waals surface area contributed by atoms with Crippen LogP contribution in [0.1, 0.15) is 23.6 Å². The molecule has 2 aromatic heterocycles. The van der Waals surface area contributed by atoms with Crippen LogP contribution in [0, 0.1) is 0 Å². The van der Waals surface area contributed by atoms with Crippen molar-refractivity contribution in [3.63, 3.8) is 0 Å². The monoisotopic (exact) mass is 569 g/mol. The number of hydrogen-bond acceptors (Lipinski definition) is 3. The van der Waals surface area contributed by atoms with Crippen LogP contribution in [0.15, 0.2) is 152 Å². The van der Waals surface area contributed by atoms with E-state index in [1.54, 1.807) is 0 Å². The van der Waals surface area contributed by atoms with Gasteiger partial charge in [-0.15, -0.1) is 0 Å². The molecule has 6 aromatic carbocycles. The third-order valence-electron chi connectivity index (χ3n) is 8.95. The second-order valence-electron chi connectivity index (χ2n) is 11.6. The van der Waals surface area contributed by atoms with E-state index in [4.69, 9.17) is 0 Å². The molecular weight excluding hydrogens is 538 g/mol. The number of aromatic nitrogens is 2. The maximum Gasteiger partial charge on any atom is 0.156 e. The summed E-state index contributed by atoms with van der Waals surface area (Å²) in [7, 11) is 0. The minimum absolute atomic E-state index is 0.125. The second kappa shape index (κ2) is 10.2. The number of hydrazine groups is 1. The fraction of sp³-hybridized carbons (Fsp3) is 0.0769. The van der Waals surface area contributed by atoms with E-state index < -0.39 is 0 Å². The molecule has 0 saturated carbocycles. The van der Waals surface area contributed by atoms with E-state index in [-0.39, 0.29) is 12.5 Å². The third kappa shape index (κ3) is 4.06. The highest BCUT2D eigenvalue weighted by Crippen LogP contribution is 2.42. The molecule has 0 spiro atoms. The minimum Gasteiger partial charge on any atom is -0.310 e.